The Morgan fingerprint density at radius 1 is 0.968 bits per heavy atom. The average molecular weight is 425 g/mol. The van der Waals surface area contributed by atoms with Gasteiger partial charge in [0.15, 0.2) is 0 Å². The van der Waals surface area contributed by atoms with Gasteiger partial charge in [0.2, 0.25) is 0 Å². The molecule has 1 heterocycles. The van der Waals surface area contributed by atoms with Gasteiger partial charge in [-0.2, -0.15) is 0 Å². The molecule has 0 saturated carbocycles. The summed E-state index contributed by atoms with van der Waals surface area (Å²) in [5, 5.41) is 3.58. The quantitative estimate of drug-likeness (QED) is 0.693. The molecule has 1 N–H and O–H groups in total. The highest BCUT2D eigenvalue weighted by Gasteiger charge is 2.26. The zero-order valence-electron chi connectivity index (χ0n) is 18.8. The maximum absolute atomic E-state index is 12.2. The fourth-order valence-corrected chi connectivity index (χ4v) is 3.60. The Hall–Kier alpha value is -3.02. The third-order valence-corrected chi connectivity index (χ3v) is 5.25. The molecular formula is C25H32N2O4. The second-order valence-corrected chi connectivity index (χ2v) is 8.95. The number of amides is 1. The zero-order chi connectivity index (χ0) is 22.4. The van der Waals surface area contributed by atoms with E-state index in [2.05, 4.69) is 29.6 Å². The number of piperidine rings is 1. The first kappa shape index (κ1) is 22.7. The van der Waals surface area contributed by atoms with Crippen molar-refractivity contribution in [3.63, 3.8) is 0 Å². The van der Waals surface area contributed by atoms with Crippen LogP contribution in [0.25, 0.3) is 0 Å². The standard InChI is InChI=1S/C25H32N2O4/c1-25(2,3)31-24(29)27-15-13-22(14-16-27)26-21-11-7-19(8-12-21)17-18-5-9-20(10-6-18)23(28)30-4/h5-12,22,26H,13-17H2,1-4H3. The summed E-state index contributed by atoms with van der Waals surface area (Å²) >= 11 is 0. The molecule has 2 aromatic carbocycles. The lowest BCUT2D eigenvalue weighted by atomic mass is 10.0. The van der Waals surface area contributed by atoms with Crippen LogP contribution in [-0.2, 0) is 15.9 Å². The van der Waals surface area contributed by atoms with Crippen LogP contribution in [0.15, 0.2) is 48.5 Å². The molecule has 3 rings (SSSR count). The molecule has 0 unspecified atom stereocenters. The molecule has 1 saturated heterocycles. The lowest BCUT2D eigenvalue weighted by Gasteiger charge is -2.34. The van der Waals surface area contributed by atoms with Crippen LogP contribution in [0.3, 0.4) is 0 Å². The van der Waals surface area contributed by atoms with E-state index in [1.54, 1.807) is 17.0 Å². The maximum atomic E-state index is 12.2. The molecule has 6 nitrogen and oxygen atoms in total. The maximum Gasteiger partial charge on any atom is 0.410 e. The van der Waals surface area contributed by atoms with Gasteiger partial charge in [-0.15, -0.1) is 0 Å². The molecule has 0 aromatic heterocycles. The van der Waals surface area contributed by atoms with E-state index in [1.165, 1.54) is 12.7 Å². The Morgan fingerprint density at radius 2 is 1.52 bits per heavy atom. The van der Waals surface area contributed by atoms with Crippen molar-refractivity contribution >= 4 is 17.7 Å². The zero-order valence-corrected chi connectivity index (χ0v) is 18.8. The number of rotatable bonds is 5. The van der Waals surface area contributed by atoms with Crippen LogP contribution in [0.1, 0.15) is 55.1 Å². The van der Waals surface area contributed by atoms with Gasteiger partial charge in [-0.05, 0) is 75.4 Å². The van der Waals surface area contributed by atoms with E-state index in [0.29, 0.717) is 24.7 Å². The topological polar surface area (TPSA) is 67.9 Å². The van der Waals surface area contributed by atoms with Gasteiger partial charge in [-0.3, -0.25) is 0 Å². The predicted molar refractivity (Wildman–Crippen MR) is 121 cm³/mol. The fourth-order valence-electron chi connectivity index (χ4n) is 3.60. The Labute approximate surface area is 184 Å². The summed E-state index contributed by atoms with van der Waals surface area (Å²) in [5.74, 6) is -0.320. The second kappa shape index (κ2) is 9.86. The first-order valence-electron chi connectivity index (χ1n) is 10.7. The minimum atomic E-state index is -0.461. The molecule has 1 fully saturated rings. The second-order valence-electron chi connectivity index (χ2n) is 8.95. The number of anilines is 1. The van der Waals surface area contributed by atoms with Crippen molar-refractivity contribution < 1.29 is 19.1 Å². The van der Waals surface area contributed by atoms with Crippen molar-refractivity contribution in [2.24, 2.45) is 0 Å². The fraction of sp³-hybridized carbons (Fsp3) is 0.440. The molecule has 166 valence electrons. The molecule has 6 heteroatoms. The molecule has 2 aromatic rings. The smallest absolute Gasteiger partial charge is 0.410 e. The van der Waals surface area contributed by atoms with Crippen molar-refractivity contribution in [3.8, 4) is 0 Å². The van der Waals surface area contributed by atoms with E-state index in [9.17, 15) is 9.59 Å². The van der Waals surface area contributed by atoms with Gasteiger partial charge < -0.3 is 19.7 Å². The van der Waals surface area contributed by atoms with E-state index < -0.39 is 5.60 Å². The number of methoxy groups -OCH3 is 1. The minimum absolute atomic E-state index is 0.227. The molecule has 0 aliphatic carbocycles. The monoisotopic (exact) mass is 424 g/mol. The minimum Gasteiger partial charge on any atom is -0.465 e. The molecule has 1 amide bonds. The first-order valence-corrected chi connectivity index (χ1v) is 10.7. The highest BCUT2D eigenvalue weighted by Crippen LogP contribution is 2.20. The summed E-state index contributed by atoms with van der Waals surface area (Å²) in [6, 6.07) is 16.3. The van der Waals surface area contributed by atoms with Gasteiger partial charge in [-0.25, -0.2) is 9.59 Å². The van der Waals surface area contributed by atoms with Crippen LogP contribution in [-0.4, -0.2) is 48.8 Å². The molecule has 31 heavy (non-hydrogen) atoms. The Kier molecular flexibility index (Phi) is 7.21. The van der Waals surface area contributed by atoms with Gasteiger partial charge in [-0.1, -0.05) is 24.3 Å². The van der Waals surface area contributed by atoms with E-state index in [0.717, 1.165) is 30.5 Å². The number of hydrogen-bond acceptors (Lipinski definition) is 5. The number of carbonyl (C=O) groups is 2. The largest absolute Gasteiger partial charge is 0.465 e. The molecule has 0 atom stereocenters. The van der Waals surface area contributed by atoms with Gasteiger partial charge in [0.05, 0.1) is 12.7 Å². The van der Waals surface area contributed by atoms with Crippen LogP contribution < -0.4 is 5.32 Å². The van der Waals surface area contributed by atoms with Crippen LogP contribution >= 0.6 is 0 Å². The summed E-state index contributed by atoms with van der Waals surface area (Å²) in [6.07, 6.45) is 2.37. The van der Waals surface area contributed by atoms with Crippen LogP contribution in [0, 0.1) is 0 Å². The predicted octanol–water partition coefficient (Wildman–Crippen LogP) is 4.88. The average Bonchev–Trinajstić information content (AvgIpc) is 2.74. The SMILES string of the molecule is COC(=O)c1ccc(Cc2ccc(NC3CCN(C(=O)OC(C)(C)C)CC3)cc2)cc1. The van der Waals surface area contributed by atoms with Gasteiger partial charge in [0, 0.05) is 24.8 Å². The van der Waals surface area contributed by atoms with Crippen molar-refractivity contribution in [2.45, 2.75) is 51.7 Å². The van der Waals surface area contributed by atoms with Crippen molar-refractivity contribution in [1.82, 2.24) is 4.90 Å². The summed E-state index contributed by atoms with van der Waals surface area (Å²) in [6.45, 7) is 7.07. The van der Waals surface area contributed by atoms with E-state index in [-0.39, 0.29) is 12.1 Å². The van der Waals surface area contributed by atoms with Crippen LogP contribution in [0.5, 0.6) is 0 Å². The number of carbonyl (C=O) groups excluding carboxylic acids is 2. The van der Waals surface area contributed by atoms with Crippen LogP contribution in [0.4, 0.5) is 10.5 Å². The van der Waals surface area contributed by atoms with Crippen LogP contribution in [0.2, 0.25) is 0 Å². The molecule has 0 bridgehead atoms. The first-order chi connectivity index (χ1) is 14.7. The highest BCUT2D eigenvalue weighted by atomic mass is 16.6. The van der Waals surface area contributed by atoms with Gasteiger partial charge >= 0.3 is 12.1 Å². The van der Waals surface area contributed by atoms with E-state index in [4.69, 9.17) is 9.47 Å². The third kappa shape index (κ3) is 6.74. The summed E-state index contributed by atoms with van der Waals surface area (Å²) in [5.41, 5.74) is 3.53. The van der Waals surface area contributed by atoms with Gasteiger partial charge in [0.1, 0.15) is 5.60 Å². The molecule has 1 aliphatic rings. The number of nitrogens with one attached hydrogen (secondary N) is 1. The highest BCUT2D eigenvalue weighted by molar-refractivity contribution is 5.89. The number of benzene rings is 2. The number of nitrogens with zero attached hydrogens (tertiary/aromatic N) is 1. The molecule has 0 radical (unpaired) electrons. The number of esters is 1. The van der Waals surface area contributed by atoms with Gasteiger partial charge in [0.25, 0.3) is 0 Å². The normalized spacial score (nSPS) is 14.8. The van der Waals surface area contributed by atoms with Crippen molar-refractivity contribution in [2.75, 3.05) is 25.5 Å². The number of ether oxygens (including phenoxy) is 2. The van der Waals surface area contributed by atoms with E-state index >= 15 is 0 Å². The summed E-state index contributed by atoms with van der Waals surface area (Å²) in [4.78, 5) is 25.5. The number of likely N-dealkylation sites (tertiary alicyclic amines) is 1. The Morgan fingerprint density at radius 3 is 2.03 bits per heavy atom. The summed E-state index contributed by atoms with van der Waals surface area (Å²) < 4.78 is 10.2. The molecule has 0 spiro atoms. The number of hydrogen-bond donors (Lipinski definition) is 1. The third-order valence-electron chi connectivity index (χ3n) is 5.25. The van der Waals surface area contributed by atoms with Crippen molar-refractivity contribution in [3.05, 3.63) is 65.2 Å². The lowest BCUT2D eigenvalue weighted by Crippen LogP contribution is -2.44. The summed E-state index contributed by atoms with van der Waals surface area (Å²) in [7, 11) is 1.39. The lowest BCUT2D eigenvalue weighted by molar-refractivity contribution is 0.0210. The Balaban J connectivity index is 1.48. The molecule has 1 aliphatic heterocycles. The molecular weight excluding hydrogens is 392 g/mol. The Bertz CT molecular complexity index is 877. The van der Waals surface area contributed by atoms with Crippen molar-refractivity contribution in [1.29, 1.82) is 0 Å². The van der Waals surface area contributed by atoms with E-state index in [1.807, 2.05) is 32.9 Å².